The van der Waals surface area contributed by atoms with Gasteiger partial charge in [0.05, 0.1) is 11.2 Å². The highest BCUT2D eigenvalue weighted by atomic mass is 35.5. The second kappa shape index (κ2) is 10.1. The van der Waals surface area contributed by atoms with Gasteiger partial charge >= 0.3 is 12.1 Å². The molecule has 4 rings (SSSR count). The van der Waals surface area contributed by atoms with Crippen molar-refractivity contribution in [1.29, 1.82) is 0 Å². The molecule has 1 amide bonds. The lowest BCUT2D eigenvalue weighted by molar-refractivity contribution is -0.192. The Bertz CT molecular complexity index is 1140. The molecule has 1 saturated heterocycles. The fourth-order valence-electron chi connectivity index (χ4n) is 3.12. The molecule has 1 aliphatic rings. The van der Waals surface area contributed by atoms with Gasteiger partial charge in [-0.2, -0.15) is 18.3 Å². The van der Waals surface area contributed by atoms with E-state index in [0.717, 1.165) is 43.9 Å². The normalized spacial score (nSPS) is 14.4. The minimum Gasteiger partial charge on any atom is -0.475 e. The van der Waals surface area contributed by atoms with Crippen LogP contribution in [-0.2, 0) is 11.8 Å². The Kier molecular flexibility index (Phi) is 7.43. The quantitative estimate of drug-likeness (QED) is 0.519. The average Bonchev–Trinajstić information content (AvgIpc) is 3.17. The highest BCUT2D eigenvalue weighted by molar-refractivity contribution is 6.32. The van der Waals surface area contributed by atoms with Crippen molar-refractivity contribution in [3.8, 4) is 0 Å². The summed E-state index contributed by atoms with van der Waals surface area (Å²) in [6.45, 7) is 3.78. The lowest BCUT2D eigenvalue weighted by Crippen LogP contribution is -2.29. The monoisotopic (exact) mass is 487 g/mol. The zero-order valence-corrected chi connectivity index (χ0v) is 18.2. The van der Waals surface area contributed by atoms with Crippen molar-refractivity contribution in [2.75, 3.05) is 36.4 Å². The van der Waals surface area contributed by atoms with E-state index in [4.69, 9.17) is 26.6 Å². The number of alkyl halides is 3. The maximum atomic E-state index is 12.7. The SMILES string of the molecule is Cn1cc(NC(=O)c2ccc3ccc(N4CCCNCC4)nn23)c(Cl)n1.O=C(O)C(F)(F)F. The molecule has 14 heteroatoms. The molecule has 0 aliphatic carbocycles. The molecule has 0 radical (unpaired) electrons. The number of carboxylic acids is 1. The number of hydrogen-bond acceptors (Lipinski definition) is 6. The largest absolute Gasteiger partial charge is 0.490 e. The maximum Gasteiger partial charge on any atom is 0.490 e. The van der Waals surface area contributed by atoms with Crippen LogP contribution in [0.1, 0.15) is 16.9 Å². The van der Waals surface area contributed by atoms with Crippen LogP contribution in [0.15, 0.2) is 30.5 Å². The Hall–Kier alpha value is -3.32. The van der Waals surface area contributed by atoms with Crippen LogP contribution < -0.4 is 15.5 Å². The first-order valence-electron chi connectivity index (χ1n) is 9.81. The minimum absolute atomic E-state index is 0.257. The number of aryl methyl sites for hydroxylation is 1. The summed E-state index contributed by atoms with van der Waals surface area (Å²) in [5, 5.41) is 22.3. The molecule has 1 aliphatic heterocycles. The minimum atomic E-state index is -5.08. The van der Waals surface area contributed by atoms with Crippen LogP contribution in [0.2, 0.25) is 5.15 Å². The molecule has 0 spiro atoms. The van der Waals surface area contributed by atoms with Crippen molar-refractivity contribution in [1.82, 2.24) is 24.7 Å². The summed E-state index contributed by atoms with van der Waals surface area (Å²) in [6, 6.07) is 7.62. The third-order valence-electron chi connectivity index (χ3n) is 4.66. The Balaban J connectivity index is 0.000000383. The van der Waals surface area contributed by atoms with Crippen molar-refractivity contribution in [3.05, 3.63) is 41.3 Å². The summed E-state index contributed by atoms with van der Waals surface area (Å²) in [4.78, 5) is 23.8. The maximum absolute atomic E-state index is 12.7. The van der Waals surface area contributed by atoms with Gasteiger partial charge < -0.3 is 20.6 Å². The highest BCUT2D eigenvalue weighted by Crippen LogP contribution is 2.21. The molecule has 33 heavy (non-hydrogen) atoms. The molecule has 0 atom stereocenters. The Morgan fingerprint density at radius 3 is 2.48 bits per heavy atom. The van der Waals surface area contributed by atoms with Crippen LogP contribution in [0.25, 0.3) is 5.52 Å². The molecule has 1 fully saturated rings. The van der Waals surface area contributed by atoms with Crippen molar-refractivity contribution in [2.45, 2.75) is 12.6 Å². The van der Waals surface area contributed by atoms with E-state index in [1.54, 1.807) is 28.5 Å². The second-order valence-corrected chi connectivity index (χ2v) is 7.46. The summed E-state index contributed by atoms with van der Waals surface area (Å²) >= 11 is 6.03. The van der Waals surface area contributed by atoms with Crippen LogP contribution in [0.4, 0.5) is 24.7 Å². The lowest BCUT2D eigenvalue weighted by atomic mass is 10.3. The van der Waals surface area contributed by atoms with Gasteiger partial charge in [0.15, 0.2) is 5.15 Å². The number of nitrogens with one attached hydrogen (secondary N) is 2. The van der Waals surface area contributed by atoms with Gasteiger partial charge in [-0.25, -0.2) is 9.31 Å². The number of anilines is 2. The number of fused-ring (bicyclic) bond motifs is 1. The summed E-state index contributed by atoms with van der Waals surface area (Å²) in [7, 11) is 1.75. The van der Waals surface area contributed by atoms with E-state index in [9.17, 15) is 18.0 Å². The first kappa shape index (κ1) is 24.3. The zero-order chi connectivity index (χ0) is 24.2. The molecular formula is C19H21ClF3N7O3. The van der Waals surface area contributed by atoms with Crippen molar-refractivity contribution in [2.24, 2.45) is 7.05 Å². The molecule has 178 valence electrons. The number of carboxylic acid groups (broad SMARTS) is 1. The van der Waals surface area contributed by atoms with Crippen molar-refractivity contribution >= 4 is 40.5 Å². The third-order valence-corrected chi connectivity index (χ3v) is 4.94. The lowest BCUT2D eigenvalue weighted by Gasteiger charge is -2.21. The number of nitrogens with zero attached hydrogens (tertiary/aromatic N) is 5. The predicted octanol–water partition coefficient (Wildman–Crippen LogP) is 2.41. The molecule has 10 nitrogen and oxygen atoms in total. The predicted molar refractivity (Wildman–Crippen MR) is 115 cm³/mol. The molecule has 3 N–H and O–H groups in total. The summed E-state index contributed by atoms with van der Waals surface area (Å²) in [5.41, 5.74) is 1.79. The van der Waals surface area contributed by atoms with Gasteiger partial charge in [0.1, 0.15) is 11.5 Å². The molecular weight excluding hydrogens is 467 g/mol. The van der Waals surface area contributed by atoms with Crippen LogP contribution in [0.3, 0.4) is 0 Å². The number of rotatable bonds is 3. The first-order chi connectivity index (χ1) is 15.6. The van der Waals surface area contributed by atoms with Crippen molar-refractivity contribution < 1.29 is 27.9 Å². The summed E-state index contributed by atoms with van der Waals surface area (Å²) < 4.78 is 35.0. The number of aliphatic carboxylic acids is 1. The van der Waals surface area contributed by atoms with Crippen molar-refractivity contribution in [3.63, 3.8) is 0 Å². The molecule has 3 aromatic rings. The zero-order valence-electron chi connectivity index (χ0n) is 17.4. The number of carbonyl (C=O) groups excluding carboxylic acids is 1. The molecule has 0 bridgehead atoms. The third kappa shape index (κ3) is 6.14. The highest BCUT2D eigenvalue weighted by Gasteiger charge is 2.38. The number of carbonyl (C=O) groups is 2. The molecule has 0 aromatic carbocycles. The standard InChI is InChI=1S/C17H20ClN7O.C2HF3O2/c1-23-11-13(16(18)22-23)20-17(26)14-5-3-12-4-6-15(21-25(12)14)24-9-2-7-19-8-10-24;3-2(4,5)1(6)7/h3-6,11,19H,2,7-10H2,1H3,(H,20,26);(H,6,7). The second-order valence-electron chi connectivity index (χ2n) is 7.10. The van der Waals surface area contributed by atoms with E-state index >= 15 is 0 Å². The van der Waals surface area contributed by atoms with Gasteiger partial charge in [-0.1, -0.05) is 11.6 Å². The van der Waals surface area contributed by atoms with E-state index in [0.29, 0.717) is 11.4 Å². The van der Waals surface area contributed by atoms with Gasteiger partial charge in [0, 0.05) is 32.9 Å². The number of hydrogen-bond donors (Lipinski definition) is 3. The van der Waals surface area contributed by atoms with E-state index in [1.165, 1.54) is 0 Å². The van der Waals surface area contributed by atoms with E-state index in [2.05, 4.69) is 20.6 Å². The average molecular weight is 488 g/mol. The van der Waals surface area contributed by atoms with Gasteiger partial charge in [-0.3, -0.25) is 9.48 Å². The van der Waals surface area contributed by atoms with Gasteiger partial charge in [-0.05, 0) is 37.2 Å². The van der Waals surface area contributed by atoms with E-state index < -0.39 is 12.1 Å². The number of halogens is 4. The summed E-state index contributed by atoms with van der Waals surface area (Å²) in [5.74, 6) is -2.17. The Morgan fingerprint density at radius 1 is 1.15 bits per heavy atom. The molecule has 0 unspecified atom stereocenters. The molecule has 0 saturated carbocycles. The van der Waals surface area contributed by atoms with E-state index in [-0.39, 0.29) is 11.1 Å². The molecule has 4 heterocycles. The smallest absolute Gasteiger partial charge is 0.475 e. The van der Waals surface area contributed by atoms with Crippen LogP contribution in [0, 0.1) is 0 Å². The van der Waals surface area contributed by atoms with Gasteiger partial charge in [-0.15, -0.1) is 5.10 Å². The first-order valence-corrected chi connectivity index (χ1v) is 10.2. The fourth-order valence-corrected chi connectivity index (χ4v) is 3.34. The molecule has 3 aromatic heterocycles. The topological polar surface area (TPSA) is 117 Å². The Labute approximate surface area is 190 Å². The van der Waals surface area contributed by atoms with Gasteiger partial charge in [0.25, 0.3) is 5.91 Å². The van der Waals surface area contributed by atoms with E-state index in [1.807, 2.05) is 18.2 Å². The fraction of sp³-hybridized carbons (Fsp3) is 0.368. The number of aromatic nitrogens is 4. The summed E-state index contributed by atoms with van der Waals surface area (Å²) in [6.07, 6.45) is -2.35. The van der Waals surface area contributed by atoms with Crippen LogP contribution in [-0.4, -0.2) is 68.7 Å². The van der Waals surface area contributed by atoms with Crippen LogP contribution >= 0.6 is 11.6 Å². The van der Waals surface area contributed by atoms with Gasteiger partial charge in [0.2, 0.25) is 0 Å². The number of amides is 1. The Morgan fingerprint density at radius 2 is 1.85 bits per heavy atom. The van der Waals surface area contributed by atoms with Crippen LogP contribution in [0.5, 0.6) is 0 Å².